The van der Waals surface area contributed by atoms with Gasteiger partial charge in [-0.25, -0.2) is 9.37 Å². The largest absolute Gasteiger partial charge is 0.334 e. The number of benzene rings is 2. The van der Waals surface area contributed by atoms with Gasteiger partial charge in [-0.2, -0.15) is 0 Å². The van der Waals surface area contributed by atoms with Gasteiger partial charge < -0.3 is 4.57 Å². The highest BCUT2D eigenvalue weighted by Gasteiger charge is 2.16. The second kappa shape index (κ2) is 4.70. The summed E-state index contributed by atoms with van der Waals surface area (Å²) < 4.78 is 16.5. The molecule has 2 aromatic carbocycles. The number of nitrogens with zero attached hydrogens (tertiary/aromatic N) is 2. The van der Waals surface area contributed by atoms with E-state index in [1.54, 1.807) is 6.33 Å². The second-order valence-electron chi connectivity index (χ2n) is 4.36. The van der Waals surface area contributed by atoms with E-state index >= 15 is 0 Å². The van der Waals surface area contributed by atoms with Crippen LogP contribution in [-0.2, 0) is 7.05 Å². The summed E-state index contributed by atoms with van der Waals surface area (Å²) in [5.41, 5.74) is 3.19. The molecule has 0 fully saturated rings. The Kier molecular flexibility index (Phi) is 3.03. The Labute approximate surface area is 115 Å². The number of rotatable bonds is 2. The molecule has 0 saturated heterocycles. The lowest BCUT2D eigenvalue weighted by Gasteiger charge is -2.09. The van der Waals surface area contributed by atoms with E-state index in [9.17, 15) is 4.39 Å². The lowest BCUT2D eigenvalue weighted by Crippen LogP contribution is -1.92. The third-order valence-electron chi connectivity index (χ3n) is 3.20. The summed E-state index contributed by atoms with van der Waals surface area (Å²) in [6.07, 6.45) is 3.60. The number of halogens is 1. The normalized spacial score (nSPS) is 11.1. The number of hydrogen-bond acceptors (Lipinski definition) is 2. The van der Waals surface area contributed by atoms with Crippen molar-refractivity contribution in [1.29, 1.82) is 0 Å². The molecule has 0 radical (unpaired) electrons. The van der Waals surface area contributed by atoms with Crippen LogP contribution in [0.15, 0.2) is 47.6 Å². The van der Waals surface area contributed by atoms with E-state index in [-0.39, 0.29) is 5.82 Å². The Hall–Kier alpha value is -1.81. The van der Waals surface area contributed by atoms with Crippen LogP contribution in [0.4, 0.5) is 4.39 Å². The molecular weight excluding hydrogens is 259 g/mol. The summed E-state index contributed by atoms with van der Waals surface area (Å²) in [5, 5.41) is 0. The van der Waals surface area contributed by atoms with Gasteiger partial charge in [0, 0.05) is 12.6 Å². The van der Waals surface area contributed by atoms with E-state index in [0.29, 0.717) is 10.5 Å². The van der Waals surface area contributed by atoms with Crippen LogP contribution in [0, 0.1) is 5.82 Å². The molecule has 0 aliphatic carbocycles. The summed E-state index contributed by atoms with van der Waals surface area (Å²) in [6.45, 7) is 0. The van der Waals surface area contributed by atoms with Crippen LogP contribution < -0.4 is 0 Å². The van der Waals surface area contributed by atoms with Gasteiger partial charge in [0.2, 0.25) is 0 Å². The number of fused-ring (bicyclic) bond motifs is 1. The average Bonchev–Trinajstić information content (AvgIpc) is 2.80. The molecule has 0 saturated carbocycles. The molecule has 0 amide bonds. The Morgan fingerprint density at radius 2 is 1.95 bits per heavy atom. The molecule has 1 heterocycles. The third kappa shape index (κ3) is 1.92. The zero-order chi connectivity index (χ0) is 13.4. The van der Waals surface area contributed by atoms with Crippen molar-refractivity contribution in [2.24, 2.45) is 7.05 Å². The average molecular weight is 272 g/mol. The van der Waals surface area contributed by atoms with Crippen LogP contribution in [0.5, 0.6) is 0 Å². The van der Waals surface area contributed by atoms with E-state index in [1.807, 2.05) is 54.3 Å². The van der Waals surface area contributed by atoms with E-state index in [0.717, 1.165) is 16.6 Å². The molecule has 0 bridgehead atoms. The monoisotopic (exact) mass is 272 g/mol. The second-order valence-corrected chi connectivity index (χ2v) is 5.18. The van der Waals surface area contributed by atoms with Crippen molar-refractivity contribution in [3.8, 4) is 11.1 Å². The molecule has 0 spiro atoms. The molecule has 0 aliphatic rings. The highest BCUT2D eigenvalue weighted by atomic mass is 32.2. The van der Waals surface area contributed by atoms with E-state index in [4.69, 9.17) is 0 Å². The fourth-order valence-corrected chi connectivity index (χ4v) is 2.87. The fraction of sp³-hybridized carbons (Fsp3) is 0.133. The summed E-state index contributed by atoms with van der Waals surface area (Å²) >= 11 is 1.40. The molecule has 4 heteroatoms. The first kappa shape index (κ1) is 12.2. The van der Waals surface area contributed by atoms with Crippen molar-refractivity contribution in [2.75, 3.05) is 6.26 Å². The lowest BCUT2D eigenvalue weighted by atomic mass is 10.0. The summed E-state index contributed by atoms with van der Waals surface area (Å²) in [4.78, 5) is 4.90. The maximum absolute atomic E-state index is 14.6. The van der Waals surface area contributed by atoms with Crippen LogP contribution in [0.25, 0.3) is 22.2 Å². The fourth-order valence-electron chi connectivity index (χ4n) is 2.23. The molecule has 19 heavy (non-hydrogen) atoms. The first-order valence-corrected chi connectivity index (χ1v) is 7.17. The quantitative estimate of drug-likeness (QED) is 0.654. The maximum atomic E-state index is 14.6. The third-order valence-corrected chi connectivity index (χ3v) is 3.98. The molecule has 3 rings (SSSR count). The molecule has 0 N–H and O–H groups in total. The van der Waals surface area contributed by atoms with Gasteiger partial charge in [-0.3, -0.25) is 0 Å². The minimum absolute atomic E-state index is 0.190. The maximum Gasteiger partial charge on any atom is 0.146 e. The van der Waals surface area contributed by atoms with Crippen molar-refractivity contribution < 1.29 is 4.39 Å². The molecule has 0 unspecified atom stereocenters. The number of aryl methyl sites for hydroxylation is 1. The van der Waals surface area contributed by atoms with Crippen LogP contribution in [0.3, 0.4) is 0 Å². The SMILES string of the molecule is CSc1c(F)c(-c2ccccc2)cc2c1ncn2C. The first-order chi connectivity index (χ1) is 9.22. The van der Waals surface area contributed by atoms with Crippen molar-refractivity contribution in [1.82, 2.24) is 9.55 Å². The van der Waals surface area contributed by atoms with Gasteiger partial charge in [-0.05, 0) is 17.9 Å². The minimum atomic E-state index is -0.190. The number of imidazole rings is 1. The Bertz CT molecular complexity index is 735. The predicted molar refractivity (Wildman–Crippen MR) is 77.9 cm³/mol. The van der Waals surface area contributed by atoms with Crippen LogP contribution in [-0.4, -0.2) is 15.8 Å². The summed E-state index contributed by atoms with van der Waals surface area (Å²) in [6, 6.07) is 11.5. The summed E-state index contributed by atoms with van der Waals surface area (Å²) in [5.74, 6) is -0.190. The molecule has 1 aromatic heterocycles. The number of thioether (sulfide) groups is 1. The first-order valence-electron chi connectivity index (χ1n) is 5.95. The Morgan fingerprint density at radius 3 is 2.63 bits per heavy atom. The zero-order valence-electron chi connectivity index (χ0n) is 10.7. The smallest absolute Gasteiger partial charge is 0.146 e. The Balaban J connectivity index is 2.37. The topological polar surface area (TPSA) is 17.8 Å². The van der Waals surface area contributed by atoms with Crippen molar-refractivity contribution in [2.45, 2.75) is 4.90 Å². The van der Waals surface area contributed by atoms with E-state index < -0.39 is 0 Å². The highest BCUT2D eigenvalue weighted by molar-refractivity contribution is 7.98. The zero-order valence-corrected chi connectivity index (χ0v) is 11.5. The van der Waals surface area contributed by atoms with Crippen LogP contribution in [0.1, 0.15) is 0 Å². The minimum Gasteiger partial charge on any atom is -0.334 e. The van der Waals surface area contributed by atoms with Gasteiger partial charge in [0.1, 0.15) is 11.3 Å². The number of aromatic nitrogens is 2. The number of hydrogen-bond donors (Lipinski definition) is 0. The van der Waals surface area contributed by atoms with E-state index in [1.165, 1.54) is 11.8 Å². The lowest BCUT2D eigenvalue weighted by molar-refractivity contribution is 0.609. The highest BCUT2D eigenvalue weighted by Crippen LogP contribution is 2.35. The van der Waals surface area contributed by atoms with E-state index in [2.05, 4.69) is 4.98 Å². The van der Waals surface area contributed by atoms with Crippen molar-refractivity contribution in [3.63, 3.8) is 0 Å². The van der Waals surface area contributed by atoms with Gasteiger partial charge in [0.25, 0.3) is 0 Å². The molecule has 0 atom stereocenters. The molecule has 0 aliphatic heterocycles. The predicted octanol–water partition coefficient (Wildman–Crippen LogP) is 4.10. The van der Waals surface area contributed by atoms with Gasteiger partial charge >= 0.3 is 0 Å². The van der Waals surface area contributed by atoms with Crippen molar-refractivity contribution >= 4 is 22.8 Å². The Morgan fingerprint density at radius 1 is 1.21 bits per heavy atom. The standard InChI is InChI=1S/C15H13FN2S/c1-18-9-17-14-12(18)8-11(13(16)15(14)19-2)10-6-4-3-5-7-10/h3-9H,1-2H3. The van der Waals surface area contributed by atoms with Gasteiger partial charge in [-0.1, -0.05) is 30.3 Å². The summed E-state index contributed by atoms with van der Waals surface area (Å²) in [7, 11) is 1.92. The van der Waals surface area contributed by atoms with Gasteiger partial charge in [0.05, 0.1) is 16.7 Å². The van der Waals surface area contributed by atoms with Gasteiger partial charge in [0.15, 0.2) is 0 Å². The van der Waals surface area contributed by atoms with Crippen molar-refractivity contribution in [3.05, 3.63) is 48.5 Å². The molecule has 2 nitrogen and oxygen atoms in total. The van der Waals surface area contributed by atoms with Crippen LogP contribution >= 0.6 is 11.8 Å². The molecule has 3 aromatic rings. The molecular formula is C15H13FN2S. The molecule has 96 valence electrons. The van der Waals surface area contributed by atoms with Crippen LogP contribution in [0.2, 0.25) is 0 Å². The van der Waals surface area contributed by atoms with Gasteiger partial charge in [-0.15, -0.1) is 11.8 Å².